The van der Waals surface area contributed by atoms with Gasteiger partial charge in [-0.2, -0.15) is 0 Å². The Morgan fingerprint density at radius 3 is 2.60 bits per heavy atom. The van der Waals surface area contributed by atoms with Crippen LogP contribution >= 0.6 is 0 Å². The third kappa shape index (κ3) is 3.18. The lowest BCUT2D eigenvalue weighted by Crippen LogP contribution is -2.48. The summed E-state index contributed by atoms with van der Waals surface area (Å²) in [5, 5.41) is 2.69. The van der Waals surface area contributed by atoms with Crippen molar-refractivity contribution in [3.05, 3.63) is 35.4 Å². The van der Waals surface area contributed by atoms with Gasteiger partial charge in [-0.05, 0) is 31.9 Å². The lowest BCUT2D eigenvalue weighted by atomic mass is 9.80. The smallest absolute Gasteiger partial charge is 0.408 e. The Balaban J connectivity index is 2.12. The predicted octanol–water partition coefficient (Wildman–Crippen LogP) is 2.81. The van der Waals surface area contributed by atoms with E-state index < -0.39 is 17.7 Å². The molecule has 1 aliphatic rings. The second-order valence-corrected chi connectivity index (χ2v) is 6.23. The minimum atomic E-state index is -0.564. The number of fused-ring (bicyclic) bond motifs is 1. The molecule has 2 rings (SSSR count). The summed E-state index contributed by atoms with van der Waals surface area (Å²) in [6.07, 6.45) is -0.0130. The Morgan fingerprint density at radius 1 is 1.30 bits per heavy atom. The molecule has 1 aromatic rings. The number of hydrogen-bond donors (Lipinski definition) is 1. The van der Waals surface area contributed by atoms with Crippen LogP contribution in [0.5, 0.6) is 0 Å². The first kappa shape index (κ1) is 14.6. The lowest BCUT2D eigenvalue weighted by Gasteiger charge is -2.29. The molecule has 0 bridgehead atoms. The summed E-state index contributed by atoms with van der Waals surface area (Å²) in [5.74, 6) is -0.158. The van der Waals surface area contributed by atoms with E-state index in [-0.39, 0.29) is 11.7 Å². The van der Waals surface area contributed by atoms with Gasteiger partial charge in [0, 0.05) is 12.3 Å². The maximum atomic E-state index is 12.3. The first-order chi connectivity index (χ1) is 9.28. The van der Waals surface area contributed by atoms with Crippen LogP contribution in [-0.2, 0) is 16.0 Å². The van der Waals surface area contributed by atoms with E-state index in [2.05, 4.69) is 5.32 Å². The average molecular weight is 275 g/mol. The molecule has 0 heterocycles. The van der Waals surface area contributed by atoms with Gasteiger partial charge in [0.05, 0.1) is 6.04 Å². The number of ketones is 1. The third-order valence-corrected chi connectivity index (χ3v) is 3.41. The molecular formula is C16H21NO3. The minimum absolute atomic E-state index is 0.0366. The molecule has 2 atom stereocenters. The lowest BCUT2D eigenvalue weighted by molar-refractivity contribution is -0.122. The highest BCUT2D eigenvalue weighted by atomic mass is 16.6. The van der Waals surface area contributed by atoms with Crippen molar-refractivity contribution in [3.8, 4) is 0 Å². The number of Topliss-reactive ketones (excluding diaryl/α,β-unsaturated/α-hetero) is 1. The number of amides is 1. The summed E-state index contributed by atoms with van der Waals surface area (Å²) >= 11 is 0. The first-order valence-electron chi connectivity index (χ1n) is 6.89. The van der Waals surface area contributed by atoms with Crippen molar-refractivity contribution >= 4 is 11.9 Å². The molecule has 20 heavy (non-hydrogen) atoms. The fourth-order valence-corrected chi connectivity index (χ4v) is 2.49. The number of benzene rings is 1. The van der Waals surface area contributed by atoms with E-state index in [9.17, 15) is 9.59 Å². The number of carbonyl (C=O) groups excluding carboxylic acids is 2. The summed E-state index contributed by atoms with van der Waals surface area (Å²) in [6, 6.07) is 7.36. The van der Waals surface area contributed by atoms with Crippen LogP contribution < -0.4 is 5.32 Å². The molecule has 1 N–H and O–H groups in total. The predicted molar refractivity (Wildman–Crippen MR) is 76.7 cm³/mol. The quantitative estimate of drug-likeness (QED) is 0.857. The van der Waals surface area contributed by atoms with Crippen molar-refractivity contribution in [3.63, 3.8) is 0 Å². The van der Waals surface area contributed by atoms with Crippen LogP contribution in [-0.4, -0.2) is 23.5 Å². The molecule has 2 unspecified atom stereocenters. The largest absolute Gasteiger partial charge is 0.444 e. The van der Waals surface area contributed by atoms with Gasteiger partial charge in [0.1, 0.15) is 5.60 Å². The van der Waals surface area contributed by atoms with Crippen molar-refractivity contribution in [2.24, 2.45) is 0 Å². The van der Waals surface area contributed by atoms with E-state index in [0.29, 0.717) is 6.42 Å². The molecule has 1 aliphatic carbocycles. The van der Waals surface area contributed by atoms with Crippen LogP contribution in [0.4, 0.5) is 4.79 Å². The van der Waals surface area contributed by atoms with Crippen molar-refractivity contribution in [2.75, 3.05) is 0 Å². The Hall–Kier alpha value is -1.84. The van der Waals surface area contributed by atoms with Gasteiger partial charge in [-0.3, -0.25) is 4.79 Å². The monoisotopic (exact) mass is 275 g/mol. The number of rotatable bonds is 1. The molecule has 0 saturated carbocycles. The van der Waals surface area contributed by atoms with E-state index in [1.807, 2.05) is 31.2 Å². The molecule has 1 amide bonds. The van der Waals surface area contributed by atoms with Gasteiger partial charge in [-0.15, -0.1) is 0 Å². The van der Waals surface area contributed by atoms with Crippen molar-refractivity contribution in [1.82, 2.24) is 5.32 Å². The molecule has 0 aliphatic heterocycles. The van der Waals surface area contributed by atoms with Crippen molar-refractivity contribution < 1.29 is 14.3 Å². The van der Waals surface area contributed by atoms with Gasteiger partial charge in [-0.1, -0.05) is 31.2 Å². The molecule has 4 heteroatoms. The molecule has 0 fully saturated rings. The zero-order chi connectivity index (χ0) is 14.9. The number of nitrogens with one attached hydrogen (secondary N) is 1. The van der Waals surface area contributed by atoms with Crippen molar-refractivity contribution in [2.45, 2.75) is 51.7 Å². The molecule has 0 saturated heterocycles. The molecule has 4 nitrogen and oxygen atoms in total. The van der Waals surface area contributed by atoms with E-state index in [4.69, 9.17) is 4.74 Å². The van der Waals surface area contributed by atoms with Gasteiger partial charge in [-0.25, -0.2) is 4.79 Å². The van der Waals surface area contributed by atoms with Crippen LogP contribution in [0.2, 0.25) is 0 Å². The van der Waals surface area contributed by atoms with Crippen LogP contribution in [0, 0.1) is 0 Å². The van der Waals surface area contributed by atoms with Crippen molar-refractivity contribution in [1.29, 1.82) is 0 Å². The molecule has 108 valence electrons. The van der Waals surface area contributed by atoms with Gasteiger partial charge >= 0.3 is 6.09 Å². The Kier molecular flexibility index (Phi) is 3.84. The van der Waals surface area contributed by atoms with Crippen LogP contribution in [0.25, 0.3) is 0 Å². The molecular weight excluding hydrogens is 254 g/mol. The maximum absolute atomic E-state index is 12.3. The summed E-state index contributed by atoms with van der Waals surface area (Å²) in [5.41, 5.74) is 1.60. The Bertz CT molecular complexity index is 531. The highest BCUT2D eigenvalue weighted by Gasteiger charge is 2.33. The number of alkyl carbamates (subject to hydrolysis) is 1. The topological polar surface area (TPSA) is 55.4 Å². The highest BCUT2D eigenvalue weighted by Crippen LogP contribution is 2.28. The fraction of sp³-hybridized carbons (Fsp3) is 0.500. The second-order valence-electron chi connectivity index (χ2n) is 6.23. The van der Waals surface area contributed by atoms with Crippen LogP contribution in [0.1, 0.15) is 44.7 Å². The minimum Gasteiger partial charge on any atom is -0.444 e. The standard InChI is InChI=1S/C16H21NO3/c1-10-12-8-6-5-7-11(12)9-13(14(10)18)17-15(19)20-16(2,3)4/h5-8,10,13H,9H2,1-4H3,(H,17,19). The Morgan fingerprint density at radius 2 is 1.95 bits per heavy atom. The summed E-state index contributed by atoms with van der Waals surface area (Å²) in [7, 11) is 0. The summed E-state index contributed by atoms with van der Waals surface area (Å²) in [6.45, 7) is 7.28. The first-order valence-corrected chi connectivity index (χ1v) is 6.89. The molecule has 0 aromatic heterocycles. The zero-order valence-electron chi connectivity index (χ0n) is 12.4. The number of carbonyl (C=O) groups is 2. The highest BCUT2D eigenvalue weighted by molar-refractivity contribution is 5.94. The van der Waals surface area contributed by atoms with Gasteiger partial charge in [0.2, 0.25) is 0 Å². The molecule has 0 spiro atoms. The zero-order valence-corrected chi connectivity index (χ0v) is 12.4. The normalized spacial score (nSPS) is 22.1. The molecule has 1 aromatic carbocycles. The van der Waals surface area contributed by atoms with E-state index >= 15 is 0 Å². The second kappa shape index (κ2) is 5.27. The van der Waals surface area contributed by atoms with Gasteiger partial charge < -0.3 is 10.1 Å². The summed E-state index contributed by atoms with van der Waals surface area (Å²) < 4.78 is 5.21. The average Bonchev–Trinajstić information content (AvgIpc) is 2.33. The number of ether oxygens (including phenoxy) is 1. The summed E-state index contributed by atoms with van der Waals surface area (Å²) in [4.78, 5) is 24.1. The van der Waals surface area contributed by atoms with Gasteiger partial charge in [0.15, 0.2) is 5.78 Å². The molecule has 0 radical (unpaired) electrons. The van der Waals surface area contributed by atoms with E-state index in [0.717, 1.165) is 11.1 Å². The maximum Gasteiger partial charge on any atom is 0.408 e. The van der Waals surface area contributed by atoms with E-state index in [1.165, 1.54) is 0 Å². The number of hydrogen-bond acceptors (Lipinski definition) is 3. The SMILES string of the molecule is CC1C(=O)C(NC(=O)OC(C)(C)C)Cc2ccccc21. The van der Waals surface area contributed by atoms with Crippen LogP contribution in [0.3, 0.4) is 0 Å². The Labute approximate surface area is 119 Å². The van der Waals surface area contributed by atoms with Crippen LogP contribution in [0.15, 0.2) is 24.3 Å². The fourth-order valence-electron chi connectivity index (χ4n) is 2.49. The van der Waals surface area contributed by atoms with Gasteiger partial charge in [0.25, 0.3) is 0 Å². The third-order valence-electron chi connectivity index (χ3n) is 3.41. The van der Waals surface area contributed by atoms with E-state index in [1.54, 1.807) is 20.8 Å².